The van der Waals surface area contributed by atoms with Crippen molar-refractivity contribution in [2.75, 3.05) is 13.6 Å². The zero-order valence-corrected chi connectivity index (χ0v) is 17.2. The molecule has 0 atom stereocenters. The molecule has 7 nitrogen and oxygen atoms in total. The molecular formula is C23H24N4O3. The molecular weight excluding hydrogens is 380 g/mol. The first-order chi connectivity index (χ1) is 14.5. The summed E-state index contributed by atoms with van der Waals surface area (Å²) in [4.78, 5) is 31.6. The maximum absolute atomic E-state index is 12.7. The largest absolute Gasteiger partial charge is 0.485 e. The summed E-state index contributed by atoms with van der Waals surface area (Å²) in [6.45, 7) is 3.96. The van der Waals surface area contributed by atoms with Crippen LogP contribution in [0.25, 0.3) is 0 Å². The van der Waals surface area contributed by atoms with E-state index in [4.69, 9.17) is 4.74 Å². The number of aromatic nitrogens is 3. The smallest absolute Gasteiger partial charge is 0.270 e. The van der Waals surface area contributed by atoms with Gasteiger partial charge in [0.25, 0.3) is 5.56 Å². The minimum Gasteiger partial charge on any atom is -0.485 e. The third-order valence-electron chi connectivity index (χ3n) is 5.23. The summed E-state index contributed by atoms with van der Waals surface area (Å²) in [6.07, 6.45) is 4.20. The number of pyridine rings is 1. The number of likely N-dealkylation sites (N-methyl/N-ethyl adjacent to an activating group) is 1. The molecule has 0 spiro atoms. The van der Waals surface area contributed by atoms with Crippen LogP contribution >= 0.6 is 0 Å². The van der Waals surface area contributed by atoms with Crippen molar-refractivity contribution in [3.63, 3.8) is 0 Å². The van der Waals surface area contributed by atoms with E-state index in [1.54, 1.807) is 6.20 Å². The van der Waals surface area contributed by atoms with Crippen molar-refractivity contribution in [1.29, 1.82) is 0 Å². The Labute approximate surface area is 174 Å². The lowest BCUT2D eigenvalue weighted by atomic mass is 9.96. The molecule has 0 aliphatic carbocycles. The first kappa shape index (κ1) is 20.0. The van der Waals surface area contributed by atoms with E-state index in [0.29, 0.717) is 11.3 Å². The number of hydrogen-bond donors (Lipinski definition) is 0. The van der Waals surface area contributed by atoms with Gasteiger partial charge in [0.1, 0.15) is 18.9 Å². The summed E-state index contributed by atoms with van der Waals surface area (Å²) in [7, 11) is 2.07. The van der Waals surface area contributed by atoms with Crippen LogP contribution in [0.1, 0.15) is 32.7 Å². The molecule has 3 aromatic rings. The summed E-state index contributed by atoms with van der Waals surface area (Å²) in [5.74, 6) is 0.209. The fourth-order valence-corrected chi connectivity index (χ4v) is 3.45. The summed E-state index contributed by atoms with van der Waals surface area (Å²) < 4.78 is 6.76. The molecule has 4 rings (SSSR count). The van der Waals surface area contributed by atoms with E-state index in [1.807, 2.05) is 37.3 Å². The van der Waals surface area contributed by atoms with E-state index in [-0.39, 0.29) is 24.5 Å². The first-order valence-electron chi connectivity index (χ1n) is 9.93. The number of Topliss-reactive ketones (excluding diaryl/α,β-unsaturated/α-hetero) is 1. The number of aryl methyl sites for hydroxylation is 1. The van der Waals surface area contributed by atoms with E-state index >= 15 is 0 Å². The maximum atomic E-state index is 12.7. The van der Waals surface area contributed by atoms with Gasteiger partial charge in [-0.2, -0.15) is 5.10 Å². The van der Waals surface area contributed by atoms with Gasteiger partial charge in [-0.05, 0) is 49.2 Å². The number of carbonyl (C=O) groups excluding carboxylic acids is 1. The summed E-state index contributed by atoms with van der Waals surface area (Å²) in [5, 5.41) is 4.10. The number of hydrogen-bond acceptors (Lipinski definition) is 6. The van der Waals surface area contributed by atoms with Crippen LogP contribution in [0.2, 0.25) is 0 Å². The second-order valence-electron chi connectivity index (χ2n) is 7.70. The summed E-state index contributed by atoms with van der Waals surface area (Å²) >= 11 is 0. The zero-order chi connectivity index (χ0) is 21.1. The molecule has 0 saturated heterocycles. The lowest BCUT2D eigenvalue weighted by molar-refractivity contribution is 0.0965. The van der Waals surface area contributed by atoms with Crippen molar-refractivity contribution < 1.29 is 9.53 Å². The Balaban J connectivity index is 1.42. The first-order valence-corrected chi connectivity index (χ1v) is 9.93. The zero-order valence-electron chi connectivity index (χ0n) is 17.2. The fourth-order valence-electron chi connectivity index (χ4n) is 3.45. The van der Waals surface area contributed by atoms with Crippen LogP contribution in [0, 0.1) is 6.92 Å². The van der Waals surface area contributed by atoms with Gasteiger partial charge in [0, 0.05) is 30.9 Å². The number of rotatable bonds is 6. The second-order valence-corrected chi connectivity index (χ2v) is 7.70. The molecule has 2 aromatic heterocycles. The van der Waals surface area contributed by atoms with Crippen LogP contribution in [0.3, 0.4) is 0 Å². The number of ether oxygens (including phenoxy) is 1. The molecule has 7 heteroatoms. The lowest BCUT2D eigenvalue weighted by Crippen LogP contribution is -2.28. The van der Waals surface area contributed by atoms with Crippen LogP contribution < -0.4 is 10.3 Å². The molecule has 0 radical (unpaired) electrons. The van der Waals surface area contributed by atoms with Gasteiger partial charge in [0.05, 0.1) is 11.9 Å². The third kappa shape index (κ3) is 4.63. The van der Waals surface area contributed by atoms with Crippen molar-refractivity contribution in [2.45, 2.75) is 33.0 Å². The normalized spacial score (nSPS) is 13.7. The van der Waals surface area contributed by atoms with Crippen LogP contribution in [0.15, 0.2) is 53.6 Å². The minimum atomic E-state index is -0.379. The Bertz CT molecular complexity index is 1120. The number of fused-ring (bicyclic) bond motifs is 1. The van der Waals surface area contributed by atoms with Crippen molar-refractivity contribution in [3.05, 3.63) is 87.1 Å². The highest BCUT2D eigenvalue weighted by Gasteiger charge is 2.16. The summed E-state index contributed by atoms with van der Waals surface area (Å²) in [6, 6.07) is 11.0. The highest BCUT2D eigenvalue weighted by molar-refractivity contribution is 5.96. The Morgan fingerprint density at radius 2 is 2.00 bits per heavy atom. The molecule has 0 N–H and O–H groups in total. The number of benzene rings is 1. The van der Waals surface area contributed by atoms with E-state index in [9.17, 15) is 9.59 Å². The molecule has 1 aromatic carbocycles. The molecule has 0 bridgehead atoms. The van der Waals surface area contributed by atoms with E-state index in [0.717, 1.165) is 35.4 Å². The number of nitrogens with zero attached hydrogens (tertiary/aromatic N) is 4. The van der Waals surface area contributed by atoms with Crippen molar-refractivity contribution in [2.24, 2.45) is 0 Å². The molecule has 3 heterocycles. The standard InChI is InChI=1S/C23H24N4O3/c1-16-3-6-20(24-11-16)15-30-21-10-23(29)27(25-12-21)14-22(28)18-5-4-17-7-8-26(2)13-19(17)9-18/h3-6,9-12H,7-8,13-15H2,1-2H3. The quantitative estimate of drug-likeness (QED) is 0.587. The van der Waals surface area contributed by atoms with Crippen LogP contribution in [0.5, 0.6) is 5.75 Å². The predicted octanol–water partition coefficient (Wildman–Crippen LogP) is 2.40. The Kier molecular flexibility index (Phi) is 5.72. The molecule has 0 amide bonds. The molecule has 1 aliphatic heterocycles. The monoisotopic (exact) mass is 404 g/mol. The van der Waals surface area contributed by atoms with E-state index in [1.165, 1.54) is 23.4 Å². The van der Waals surface area contributed by atoms with E-state index < -0.39 is 0 Å². The molecule has 1 aliphatic rings. The lowest BCUT2D eigenvalue weighted by Gasteiger charge is -2.25. The van der Waals surface area contributed by atoms with Crippen molar-refractivity contribution in [1.82, 2.24) is 19.7 Å². The molecule has 0 saturated carbocycles. The molecule has 0 fully saturated rings. The summed E-state index contributed by atoms with van der Waals surface area (Å²) in [5.41, 5.74) is 4.50. The van der Waals surface area contributed by atoms with Gasteiger partial charge in [0.2, 0.25) is 0 Å². The van der Waals surface area contributed by atoms with Crippen molar-refractivity contribution in [3.8, 4) is 5.75 Å². The minimum absolute atomic E-state index is 0.104. The van der Waals surface area contributed by atoms with E-state index in [2.05, 4.69) is 22.0 Å². The average Bonchev–Trinajstić information content (AvgIpc) is 2.74. The number of carbonyl (C=O) groups is 1. The highest BCUT2D eigenvalue weighted by Crippen LogP contribution is 2.20. The number of ketones is 1. The van der Waals surface area contributed by atoms with Crippen LogP contribution in [0.4, 0.5) is 0 Å². The van der Waals surface area contributed by atoms with Gasteiger partial charge in [-0.1, -0.05) is 18.2 Å². The van der Waals surface area contributed by atoms with Crippen LogP contribution in [-0.4, -0.2) is 39.0 Å². The maximum Gasteiger partial charge on any atom is 0.270 e. The molecule has 154 valence electrons. The van der Waals surface area contributed by atoms with Crippen LogP contribution in [-0.2, 0) is 26.1 Å². The fraction of sp³-hybridized carbons (Fsp3) is 0.304. The Morgan fingerprint density at radius 3 is 2.77 bits per heavy atom. The van der Waals surface area contributed by atoms with Gasteiger partial charge in [-0.3, -0.25) is 14.6 Å². The van der Waals surface area contributed by atoms with Gasteiger partial charge in [-0.15, -0.1) is 0 Å². The third-order valence-corrected chi connectivity index (χ3v) is 5.23. The van der Waals surface area contributed by atoms with Gasteiger partial charge in [0.15, 0.2) is 5.78 Å². The Hall–Kier alpha value is -3.32. The highest BCUT2D eigenvalue weighted by atomic mass is 16.5. The van der Waals surface area contributed by atoms with Crippen molar-refractivity contribution >= 4 is 5.78 Å². The Morgan fingerprint density at radius 1 is 1.13 bits per heavy atom. The SMILES string of the molecule is Cc1ccc(COc2cnn(CC(=O)c3ccc4c(c3)CN(C)CC4)c(=O)c2)nc1. The topological polar surface area (TPSA) is 77.3 Å². The van der Waals surface area contributed by atoms with Gasteiger partial charge >= 0.3 is 0 Å². The predicted molar refractivity (Wildman–Crippen MR) is 113 cm³/mol. The average molecular weight is 404 g/mol. The molecule has 0 unspecified atom stereocenters. The van der Waals surface area contributed by atoms with Gasteiger partial charge < -0.3 is 9.64 Å². The second kappa shape index (κ2) is 8.59. The molecule has 30 heavy (non-hydrogen) atoms. The van der Waals surface area contributed by atoms with Gasteiger partial charge in [-0.25, -0.2) is 4.68 Å².